The van der Waals surface area contributed by atoms with Crippen molar-refractivity contribution < 1.29 is 9.59 Å². The fraction of sp³-hybridized carbons (Fsp3) is 0.621. The number of amides is 1. The first-order valence-electron chi connectivity index (χ1n) is 14.1. The van der Waals surface area contributed by atoms with E-state index in [2.05, 4.69) is 53.2 Å². The predicted octanol–water partition coefficient (Wildman–Crippen LogP) is 4.77. The number of aromatic amines is 1. The molecule has 1 saturated heterocycles. The van der Waals surface area contributed by atoms with Gasteiger partial charge in [0.1, 0.15) is 18.6 Å². The number of nitrogens with one attached hydrogen (secondary N) is 2. The van der Waals surface area contributed by atoms with Gasteiger partial charge in [-0.15, -0.1) is 12.8 Å². The quantitative estimate of drug-likeness (QED) is 0.458. The molecular weight excluding hydrogens is 478 g/mol. The Morgan fingerprint density at radius 2 is 1.79 bits per heavy atom. The number of H-pyrrole nitrogens is 1. The Kier molecular flexibility index (Phi) is 11.1. The molecule has 1 atom stereocenters. The Hall–Kier alpha value is -3.41. The molecule has 1 unspecified atom stereocenters. The molecule has 0 spiro atoms. The van der Waals surface area contributed by atoms with Crippen LogP contribution in [-0.4, -0.2) is 63.4 Å². The first-order valence-corrected chi connectivity index (χ1v) is 14.1. The molecule has 1 saturated carbocycles. The second kappa shape index (κ2) is 14.5. The van der Waals surface area contributed by atoms with Crippen LogP contribution in [0.3, 0.4) is 0 Å². The number of hydrogen-bond acceptors (Lipinski definition) is 7. The second-order valence-electron chi connectivity index (χ2n) is 10.1. The van der Waals surface area contributed by atoms with E-state index in [9.17, 15) is 4.79 Å². The van der Waals surface area contributed by atoms with Gasteiger partial charge in [-0.1, -0.05) is 26.7 Å². The van der Waals surface area contributed by atoms with Gasteiger partial charge in [-0.2, -0.15) is 10.1 Å². The molecule has 3 aliphatic rings. The molecule has 38 heavy (non-hydrogen) atoms. The molecule has 0 aromatic carbocycles. The lowest BCUT2D eigenvalue weighted by molar-refractivity contribution is -0.132. The standard InChI is InChI=1S/C26H39N7O.C2H2.CH2O/c1-3-14-32(15-4-2)25(34)22-13-8-16-33(22)26-27-20-12-7-11-19(20)24(29-26)28-23-17-21(30-31-23)18-9-5-6-10-18;2*1-2/h17-18,22H,3-16H2,1-2H3,(H2,27,28,29,30,31);1-2H;1H2. The number of carbonyl (C=O) groups is 2. The van der Waals surface area contributed by atoms with E-state index < -0.39 is 0 Å². The second-order valence-corrected chi connectivity index (χ2v) is 10.1. The van der Waals surface area contributed by atoms with E-state index >= 15 is 0 Å². The van der Waals surface area contributed by atoms with E-state index in [-0.39, 0.29) is 11.9 Å². The number of rotatable bonds is 9. The smallest absolute Gasteiger partial charge is 0.245 e. The van der Waals surface area contributed by atoms with E-state index in [1.165, 1.54) is 36.9 Å². The van der Waals surface area contributed by atoms with Gasteiger partial charge in [0.25, 0.3) is 0 Å². The molecule has 2 aromatic heterocycles. The minimum absolute atomic E-state index is 0.162. The molecule has 1 amide bonds. The van der Waals surface area contributed by atoms with Crippen LogP contribution in [0.2, 0.25) is 0 Å². The van der Waals surface area contributed by atoms with Crippen LogP contribution >= 0.6 is 0 Å². The van der Waals surface area contributed by atoms with E-state index in [0.717, 1.165) is 81.9 Å². The zero-order chi connectivity index (χ0) is 27.5. The maximum atomic E-state index is 13.4. The van der Waals surface area contributed by atoms with Crippen LogP contribution in [0, 0.1) is 12.8 Å². The maximum absolute atomic E-state index is 13.4. The van der Waals surface area contributed by atoms with Crippen LogP contribution in [0.15, 0.2) is 6.07 Å². The molecule has 9 nitrogen and oxygen atoms in total. The lowest BCUT2D eigenvalue weighted by Crippen LogP contribution is -2.47. The number of aromatic nitrogens is 4. The zero-order valence-electron chi connectivity index (χ0n) is 23.0. The number of anilines is 3. The van der Waals surface area contributed by atoms with Crippen molar-refractivity contribution in [3.63, 3.8) is 0 Å². The molecule has 2 aromatic rings. The third-order valence-electron chi connectivity index (χ3n) is 7.65. The van der Waals surface area contributed by atoms with Gasteiger partial charge in [-0.25, -0.2) is 4.98 Å². The van der Waals surface area contributed by atoms with Crippen molar-refractivity contribution in [2.75, 3.05) is 29.9 Å². The summed E-state index contributed by atoms with van der Waals surface area (Å²) < 4.78 is 0. The van der Waals surface area contributed by atoms with Crippen LogP contribution in [0.4, 0.5) is 17.6 Å². The molecule has 9 heteroatoms. The Morgan fingerprint density at radius 3 is 2.47 bits per heavy atom. The zero-order valence-corrected chi connectivity index (χ0v) is 23.0. The van der Waals surface area contributed by atoms with Crippen LogP contribution in [0.1, 0.15) is 94.5 Å². The predicted molar refractivity (Wildman–Crippen MR) is 152 cm³/mol. The molecule has 0 bridgehead atoms. The molecule has 206 valence electrons. The van der Waals surface area contributed by atoms with Gasteiger partial charge < -0.3 is 19.9 Å². The molecule has 3 heterocycles. The summed E-state index contributed by atoms with van der Waals surface area (Å²) in [5.41, 5.74) is 3.55. The highest BCUT2D eigenvalue weighted by Gasteiger charge is 2.36. The van der Waals surface area contributed by atoms with Crippen molar-refractivity contribution in [3.05, 3.63) is 23.0 Å². The summed E-state index contributed by atoms with van der Waals surface area (Å²) in [6.07, 6.45) is 20.0. The minimum atomic E-state index is -0.162. The molecular formula is C29H43N7O2. The van der Waals surface area contributed by atoms with Crippen molar-refractivity contribution in [3.8, 4) is 12.8 Å². The Morgan fingerprint density at radius 1 is 1.08 bits per heavy atom. The topological polar surface area (TPSA) is 107 Å². The third-order valence-corrected chi connectivity index (χ3v) is 7.65. The SMILES string of the molecule is C#C.C=O.CCCN(CCC)C(=O)C1CCCN1c1nc2c(c(Nc3cc(C4CCCC4)[nH]n3)n1)CCC2. The van der Waals surface area contributed by atoms with Gasteiger partial charge in [0.15, 0.2) is 5.82 Å². The summed E-state index contributed by atoms with van der Waals surface area (Å²) in [4.78, 5) is 35.6. The fourth-order valence-electron chi connectivity index (χ4n) is 5.96. The van der Waals surface area contributed by atoms with Crippen molar-refractivity contribution >= 4 is 30.3 Å². The Bertz CT molecular complexity index is 1050. The van der Waals surface area contributed by atoms with Gasteiger partial charge in [0.2, 0.25) is 11.9 Å². The Labute approximate surface area is 227 Å². The first kappa shape index (κ1) is 29.2. The molecule has 2 fully saturated rings. The number of fused-ring (bicyclic) bond motifs is 1. The van der Waals surface area contributed by atoms with E-state index in [1.54, 1.807) is 0 Å². The molecule has 1 aliphatic heterocycles. The van der Waals surface area contributed by atoms with E-state index in [4.69, 9.17) is 14.8 Å². The van der Waals surface area contributed by atoms with Crippen molar-refractivity contribution in [1.82, 2.24) is 25.1 Å². The number of terminal acetylenes is 1. The molecule has 0 radical (unpaired) electrons. The lowest BCUT2D eigenvalue weighted by atomic mass is 10.0. The van der Waals surface area contributed by atoms with Crippen molar-refractivity contribution in [2.24, 2.45) is 0 Å². The average molecular weight is 522 g/mol. The van der Waals surface area contributed by atoms with Gasteiger partial charge in [-0.3, -0.25) is 9.89 Å². The minimum Gasteiger partial charge on any atom is -0.341 e. The highest BCUT2D eigenvalue weighted by atomic mass is 16.2. The summed E-state index contributed by atoms with van der Waals surface area (Å²) >= 11 is 0. The molecule has 2 aliphatic carbocycles. The van der Waals surface area contributed by atoms with Crippen molar-refractivity contribution in [1.29, 1.82) is 0 Å². The largest absolute Gasteiger partial charge is 0.341 e. The number of hydrogen-bond donors (Lipinski definition) is 2. The van der Waals surface area contributed by atoms with Gasteiger partial charge in [0, 0.05) is 42.9 Å². The van der Waals surface area contributed by atoms with E-state index in [0.29, 0.717) is 11.9 Å². The summed E-state index contributed by atoms with van der Waals surface area (Å²) in [7, 11) is 0. The lowest BCUT2D eigenvalue weighted by Gasteiger charge is -2.30. The monoisotopic (exact) mass is 521 g/mol. The average Bonchev–Trinajstić information content (AvgIpc) is 3.77. The van der Waals surface area contributed by atoms with Crippen molar-refractivity contribution in [2.45, 2.75) is 96.4 Å². The summed E-state index contributed by atoms with van der Waals surface area (Å²) in [5, 5.41) is 11.3. The highest BCUT2D eigenvalue weighted by molar-refractivity contribution is 5.85. The fourth-order valence-corrected chi connectivity index (χ4v) is 5.96. The Balaban J connectivity index is 0.000000956. The van der Waals surface area contributed by atoms with Crippen LogP contribution in [0.25, 0.3) is 0 Å². The van der Waals surface area contributed by atoms with Crippen LogP contribution in [0.5, 0.6) is 0 Å². The maximum Gasteiger partial charge on any atom is 0.245 e. The normalized spacial score (nSPS) is 18.2. The highest BCUT2D eigenvalue weighted by Crippen LogP contribution is 2.36. The number of aryl methyl sites for hydroxylation is 1. The number of carbonyl (C=O) groups excluding carboxylic acids is 2. The molecule has 5 rings (SSSR count). The summed E-state index contributed by atoms with van der Waals surface area (Å²) in [6, 6.07) is 1.99. The van der Waals surface area contributed by atoms with Gasteiger partial charge in [-0.05, 0) is 57.8 Å². The summed E-state index contributed by atoms with van der Waals surface area (Å²) in [6.45, 7) is 8.73. The van der Waals surface area contributed by atoms with E-state index in [1.807, 2.05) is 11.7 Å². The number of nitrogens with zero attached hydrogens (tertiary/aromatic N) is 5. The third kappa shape index (κ3) is 6.53. The van der Waals surface area contributed by atoms with Gasteiger partial charge in [0.05, 0.1) is 5.69 Å². The summed E-state index contributed by atoms with van der Waals surface area (Å²) in [5.74, 6) is 3.21. The van der Waals surface area contributed by atoms with Crippen LogP contribution in [-0.2, 0) is 22.4 Å². The van der Waals surface area contributed by atoms with Gasteiger partial charge >= 0.3 is 0 Å². The first-order chi connectivity index (χ1) is 18.7. The molecule has 2 N–H and O–H groups in total. The van der Waals surface area contributed by atoms with Crippen LogP contribution < -0.4 is 10.2 Å².